The summed E-state index contributed by atoms with van der Waals surface area (Å²) in [6.07, 6.45) is 90.1. The van der Waals surface area contributed by atoms with Gasteiger partial charge in [0.2, 0.25) is 5.91 Å². The Labute approximate surface area is 507 Å². The zero-order valence-electron chi connectivity index (χ0n) is 55.0. The first-order valence-electron chi connectivity index (χ1n) is 37.1. The standard InChI is InChI=1S/C75H145NO5/c1-3-5-7-9-11-13-15-16-17-42-45-49-53-57-61-65-69-75(80)81-70-66-62-58-54-50-46-43-40-38-36-34-32-30-28-26-24-22-20-18-19-21-23-25-27-29-31-33-35-37-39-41-44-48-52-56-60-64-68-74(79)76-72(71-77)73(78)67-63-59-55-51-47-14-12-10-8-6-4-2/h18,20,63,67,72-73,77-78H,3-17,19,21-62,64-66,68-71H2,1-2H3,(H,76,79)/b20-18-,67-63+. The second kappa shape index (κ2) is 70.8. The predicted octanol–water partition coefficient (Wildman–Crippen LogP) is 24.1. The van der Waals surface area contributed by atoms with Crippen molar-refractivity contribution in [1.82, 2.24) is 5.32 Å². The summed E-state index contributed by atoms with van der Waals surface area (Å²) in [5, 5.41) is 23.1. The van der Waals surface area contributed by atoms with Crippen molar-refractivity contribution in [2.75, 3.05) is 13.2 Å². The van der Waals surface area contributed by atoms with Crippen LogP contribution >= 0.6 is 0 Å². The SMILES string of the molecule is CCCCCCCCCCC/C=C/C(O)C(CO)NC(=O)CCCCCCCCCCCCCCCCCCC/C=C\CCCCCCCCCCCCCCCCCCOC(=O)CCCCCCCCCCCCCCCCCC. The summed E-state index contributed by atoms with van der Waals surface area (Å²) < 4.78 is 5.51. The third-order valence-corrected chi connectivity index (χ3v) is 17.5. The van der Waals surface area contributed by atoms with E-state index in [0.717, 1.165) is 38.5 Å². The fraction of sp³-hybridized carbons (Fsp3) is 0.920. The third kappa shape index (κ3) is 67.3. The molecule has 0 aromatic heterocycles. The van der Waals surface area contributed by atoms with E-state index in [0.29, 0.717) is 19.4 Å². The molecule has 0 spiro atoms. The number of amides is 1. The van der Waals surface area contributed by atoms with Crippen molar-refractivity contribution >= 4 is 11.9 Å². The zero-order chi connectivity index (χ0) is 58.5. The smallest absolute Gasteiger partial charge is 0.305 e. The van der Waals surface area contributed by atoms with E-state index in [-0.39, 0.29) is 18.5 Å². The van der Waals surface area contributed by atoms with Crippen molar-refractivity contribution in [3.05, 3.63) is 24.3 Å². The summed E-state index contributed by atoms with van der Waals surface area (Å²) in [4.78, 5) is 24.5. The summed E-state index contributed by atoms with van der Waals surface area (Å²) in [6, 6.07) is -0.623. The van der Waals surface area contributed by atoms with Crippen LogP contribution in [0.15, 0.2) is 24.3 Å². The van der Waals surface area contributed by atoms with Gasteiger partial charge in [-0.3, -0.25) is 9.59 Å². The van der Waals surface area contributed by atoms with Gasteiger partial charge >= 0.3 is 5.97 Å². The molecule has 0 aliphatic heterocycles. The predicted molar refractivity (Wildman–Crippen MR) is 356 cm³/mol. The number of hydrogen-bond acceptors (Lipinski definition) is 5. The van der Waals surface area contributed by atoms with E-state index in [4.69, 9.17) is 4.74 Å². The van der Waals surface area contributed by atoms with Crippen molar-refractivity contribution in [3.63, 3.8) is 0 Å². The van der Waals surface area contributed by atoms with Crippen molar-refractivity contribution in [2.24, 2.45) is 0 Å². The summed E-state index contributed by atoms with van der Waals surface area (Å²) in [6.45, 7) is 4.93. The number of esters is 1. The van der Waals surface area contributed by atoms with Gasteiger partial charge in [0.25, 0.3) is 0 Å². The van der Waals surface area contributed by atoms with E-state index in [1.807, 2.05) is 6.08 Å². The summed E-state index contributed by atoms with van der Waals surface area (Å²) in [5.74, 6) is -0.0380. The Morgan fingerprint density at radius 2 is 0.580 bits per heavy atom. The molecule has 0 fully saturated rings. The Morgan fingerprint density at radius 3 is 0.877 bits per heavy atom. The quantitative estimate of drug-likeness (QED) is 0.0320. The van der Waals surface area contributed by atoms with Crippen LogP contribution in [0.1, 0.15) is 418 Å². The highest BCUT2D eigenvalue weighted by Gasteiger charge is 2.18. The number of ether oxygens (including phenoxy) is 1. The van der Waals surface area contributed by atoms with Gasteiger partial charge < -0.3 is 20.3 Å². The van der Waals surface area contributed by atoms with Crippen LogP contribution in [0.5, 0.6) is 0 Å². The molecule has 6 nitrogen and oxygen atoms in total. The van der Waals surface area contributed by atoms with Gasteiger partial charge in [0, 0.05) is 12.8 Å². The highest BCUT2D eigenvalue weighted by molar-refractivity contribution is 5.76. The van der Waals surface area contributed by atoms with Gasteiger partial charge in [-0.05, 0) is 57.8 Å². The summed E-state index contributed by atoms with van der Waals surface area (Å²) in [7, 11) is 0. The van der Waals surface area contributed by atoms with Crippen LogP contribution in [0.4, 0.5) is 0 Å². The van der Waals surface area contributed by atoms with E-state index in [1.165, 1.54) is 353 Å². The average Bonchev–Trinajstić information content (AvgIpc) is 3.47. The molecular formula is C75H145NO5. The molecule has 0 aliphatic carbocycles. The van der Waals surface area contributed by atoms with E-state index < -0.39 is 12.1 Å². The molecule has 0 rings (SSSR count). The van der Waals surface area contributed by atoms with Crippen LogP contribution < -0.4 is 5.32 Å². The number of aliphatic hydroxyl groups is 2. The molecule has 2 unspecified atom stereocenters. The topological polar surface area (TPSA) is 95.9 Å². The molecule has 1 amide bonds. The lowest BCUT2D eigenvalue weighted by atomic mass is 10.0. The maximum Gasteiger partial charge on any atom is 0.305 e. The van der Waals surface area contributed by atoms with E-state index >= 15 is 0 Å². The normalized spacial score (nSPS) is 12.6. The van der Waals surface area contributed by atoms with Crippen LogP contribution in [0.2, 0.25) is 0 Å². The van der Waals surface area contributed by atoms with Gasteiger partial charge in [-0.1, -0.05) is 372 Å². The summed E-state index contributed by atoms with van der Waals surface area (Å²) >= 11 is 0. The van der Waals surface area contributed by atoms with Gasteiger partial charge in [0.05, 0.1) is 25.4 Å². The maximum absolute atomic E-state index is 12.4. The number of allylic oxidation sites excluding steroid dienone is 3. The number of rotatable bonds is 70. The zero-order valence-corrected chi connectivity index (χ0v) is 55.0. The lowest BCUT2D eigenvalue weighted by Gasteiger charge is -2.20. The van der Waals surface area contributed by atoms with E-state index in [9.17, 15) is 19.8 Å². The Hall–Kier alpha value is -1.66. The Morgan fingerprint density at radius 1 is 0.333 bits per heavy atom. The van der Waals surface area contributed by atoms with E-state index in [1.54, 1.807) is 6.08 Å². The minimum atomic E-state index is -0.840. The van der Waals surface area contributed by atoms with Gasteiger partial charge in [-0.25, -0.2) is 0 Å². The molecule has 0 heterocycles. The van der Waals surface area contributed by atoms with Crippen LogP contribution in [0, 0.1) is 0 Å². The van der Waals surface area contributed by atoms with Crippen molar-refractivity contribution in [3.8, 4) is 0 Å². The molecule has 0 aromatic rings. The molecule has 81 heavy (non-hydrogen) atoms. The highest BCUT2D eigenvalue weighted by Crippen LogP contribution is 2.19. The maximum atomic E-state index is 12.4. The number of nitrogens with one attached hydrogen (secondary N) is 1. The minimum absolute atomic E-state index is 0.0254. The molecule has 2 atom stereocenters. The first-order chi connectivity index (χ1) is 40.0. The molecule has 0 saturated heterocycles. The Balaban J connectivity index is 3.31. The van der Waals surface area contributed by atoms with Gasteiger partial charge in [-0.2, -0.15) is 0 Å². The van der Waals surface area contributed by atoms with Crippen molar-refractivity contribution in [1.29, 1.82) is 0 Å². The second-order valence-electron chi connectivity index (χ2n) is 25.6. The van der Waals surface area contributed by atoms with Crippen LogP contribution in [0.25, 0.3) is 0 Å². The molecular weight excluding hydrogens is 995 g/mol. The van der Waals surface area contributed by atoms with Gasteiger partial charge in [-0.15, -0.1) is 0 Å². The summed E-state index contributed by atoms with van der Waals surface area (Å²) in [5.41, 5.74) is 0. The molecule has 480 valence electrons. The molecule has 0 bridgehead atoms. The number of unbranched alkanes of at least 4 members (excludes halogenated alkanes) is 57. The molecule has 0 aromatic carbocycles. The van der Waals surface area contributed by atoms with Gasteiger partial charge in [0.15, 0.2) is 0 Å². The first kappa shape index (κ1) is 79.3. The fourth-order valence-corrected chi connectivity index (χ4v) is 11.8. The third-order valence-electron chi connectivity index (χ3n) is 17.5. The van der Waals surface area contributed by atoms with Crippen LogP contribution in [-0.4, -0.2) is 47.4 Å². The highest BCUT2D eigenvalue weighted by atomic mass is 16.5. The van der Waals surface area contributed by atoms with E-state index in [2.05, 4.69) is 31.3 Å². The number of aliphatic hydroxyl groups excluding tert-OH is 2. The van der Waals surface area contributed by atoms with Crippen molar-refractivity contribution in [2.45, 2.75) is 431 Å². The number of hydrogen-bond donors (Lipinski definition) is 3. The molecule has 0 radical (unpaired) electrons. The van der Waals surface area contributed by atoms with Crippen LogP contribution in [0.3, 0.4) is 0 Å². The second-order valence-corrected chi connectivity index (χ2v) is 25.6. The van der Waals surface area contributed by atoms with Crippen LogP contribution in [-0.2, 0) is 14.3 Å². The lowest BCUT2D eigenvalue weighted by molar-refractivity contribution is -0.143. The molecule has 6 heteroatoms. The minimum Gasteiger partial charge on any atom is -0.466 e. The Kier molecular flexibility index (Phi) is 69.4. The Bertz CT molecular complexity index is 1270. The number of carbonyl (C=O) groups excluding carboxylic acids is 2. The fourth-order valence-electron chi connectivity index (χ4n) is 11.8. The monoisotopic (exact) mass is 1140 g/mol. The largest absolute Gasteiger partial charge is 0.466 e. The molecule has 0 saturated carbocycles. The first-order valence-corrected chi connectivity index (χ1v) is 37.1. The number of carbonyl (C=O) groups is 2. The lowest BCUT2D eigenvalue weighted by Crippen LogP contribution is -2.45. The average molecular weight is 1140 g/mol. The molecule has 0 aliphatic rings. The molecule has 3 N–H and O–H groups in total. The van der Waals surface area contributed by atoms with Gasteiger partial charge in [0.1, 0.15) is 0 Å². The van der Waals surface area contributed by atoms with Crippen molar-refractivity contribution < 1.29 is 24.5 Å².